The van der Waals surface area contributed by atoms with E-state index in [-0.39, 0.29) is 18.4 Å². The fourth-order valence-electron chi connectivity index (χ4n) is 3.99. The van der Waals surface area contributed by atoms with Crippen LogP contribution in [0.25, 0.3) is 0 Å². The van der Waals surface area contributed by atoms with Crippen molar-refractivity contribution >= 4 is 17.5 Å². The van der Waals surface area contributed by atoms with E-state index in [9.17, 15) is 4.79 Å². The fourth-order valence-corrected chi connectivity index (χ4v) is 4.11. The van der Waals surface area contributed by atoms with E-state index in [1.807, 2.05) is 24.3 Å². The number of carbonyl (C=O) groups excluding carboxylic acids is 1. The Hall–Kier alpha value is -3.19. The summed E-state index contributed by atoms with van der Waals surface area (Å²) in [4.78, 5) is 19.2. The minimum absolute atomic E-state index is 0.0578. The molecule has 4 rings (SSSR count). The van der Waals surface area contributed by atoms with Gasteiger partial charge in [0.15, 0.2) is 24.0 Å². The third kappa shape index (κ3) is 5.60. The molecule has 2 heterocycles. The number of methoxy groups -OCH3 is 2. The van der Waals surface area contributed by atoms with Gasteiger partial charge in [0.05, 0.1) is 26.3 Å². The van der Waals surface area contributed by atoms with Crippen molar-refractivity contribution in [3.05, 3.63) is 70.9 Å². The van der Waals surface area contributed by atoms with E-state index in [0.29, 0.717) is 47.7 Å². The number of oxazole rings is 1. The normalized spacial score (nSPS) is 15.8. The van der Waals surface area contributed by atoms with Gasteiger partial charge in [0.1, 0.15) is 5.76 Å². The molecule has 7 nitrogen and oxygen atoms in total. The van der Waals surface area contributed by atoms with E-state index in [4.69, 9.17) is 30.2 Å². The fraction of sp³-hybridized carbons (Fsp3) is 0.360. The van der Waals surface area contributed by atoms with E-state index in [1.165, 1.54) is 0 Å². The average molecular weight is 471 g/mol. The molecule has 0 unspecified atom stereocenters. The lowest BCUT2D eigenvalue weighted by molar-refractivity contribution is -0.134. The highest BCUT2D eigenvalue weighted by Gasteiger charge is 2.28. The summed E-state index contributed by atoms with van der Waals surface area (Å²) in [5, 5.41) is 0.706. The van der Waals surface area contributed by atoms with Crippen molar-refractivity contribution in [1.29, 1.82) is 0 Å². The van der Waals surface area contributed by atoms with Gasteiger partial charge >= 0.3 is 0 Å². The van der Waals surface area contributed by atoms with Crippen LogP contribution in [-0.2, 0) is 11.2 Å². The monoisotopic (exact) mass is 470 g/mol. The molecule has 0 saturated carbocycles. The Labute approximate surface area is 198 Å². The summed E-state index contributed by atoms with van der Waals surface area (Å²) in [6.07, 6.45) is 4.21. The topological polar surface area (TPSA) is 74.0 Å². The van der Waals surface area contributed by atoms with Gasteiger partial charge in [-0.25, -0.2) is 4.98 Å². The number of benzene rings is 2. The number of hydrogen-bond acceptors (Lipinski definition) is 6. The first-order valence-electron chi connectivity index (χ1n) is 10.9. The first-order valence-corrected chi connectivity index (χ1v) is 11.3. The predicted molar refractivity (Wildman–Crippen MR) is 124 cm³/mol. The molecule has 1 saturated heterocycles. The molecule has 0 radical (unpaired) electrons. The molecule has 174 valence electrons. The summed E-state index contributed by atoms with van der Waals surface area (Å²) >= 11 is 5.96. The first-order chi connectivity index (χ1) is 16.1. The highest BCUT2D eigenvalue weighted by Crippen LogP contribution is 2.37. The van der Waals surface area contributed by atoms with Crippen LogP contribution in [0.2, 0.25) is 5.02 Å². The number of aromatic nitrogens is 1. The van der Waals surface area contributed by atoms with Crippen molar-refractivity contribution in [3.63, 3.8) is 0 Å². The van der Waals surface area contributed by atoms with E-state index in [0.717, 1.165) is 24.2 Å². The third-order valence-electron chi connectivity index (χ3n) is 5.71. The van der Waals surface area contributed by atoms with Crippen LogP contribution in [0.5, 0.6) is 17.2 Å². The van der Waals surface area contributed by atoms with Crippen molar-refractivity contribution < 1.29 is 23.4 Å². The lowest BCUT2D eigenvalue weighted by Crippen LogP contribution is -2.41. The quantitative estimate of drug-likeness (QED) is 0.474. The predicted octanol–water partition coefficient (Wildman–Crippen LogP) is 4.72. The second kappa shape index (κ2) is 10.6. The highest BCUT2D eigenvalue weighted by molar-refractivity contribution is 6.30. The van der Waals surface area contributed by atoms with Crippen molar-refractivity contribution in [2.75, 3.05) is 33.9 Å². The average Bonchev–Trinajstić information content (AvgIpc) is 3.32. The Balaban J connectivity index is 1.36. The summed E-state index contributed by atoms with van der Waals surface area (Å²) in [6.45, 7) is 1.13. The Kier molecular flexibility index (Phi) is 7.40. The highest BCUT2D eigenvalue weighted by atomic mass is 35.5. The molecule has 1 aliphatic heterocycles. The van der Waals surface area contributed by atoms with Gasteiger partial charge in [0, 0.05) is 24.5 Å². The van der Waals surface area contributed by atoms with Crippen LogP contribution < -0.4 is 14.2 Å². The SMILES string of the molecule is COc1cccc(OC)c1OCC(=O)N1CCC[C@H](c2ncc(Cc3ccc(Cl)cc3)o2)C1. The van der Waals surface area contributed by atoms with Crippen LogP contribution in [0, 0.1) is 0 Å². The number of amides is 1. The Bertz CT molecular complexity index is 1060. The van der Waals surface area contributed by atoms with Crippen molar-refractivity contribution in [3.8, 4) is 17.2 Å². The Morgan fingerprint density at radius 1 is 1.15 bits per heavy atom. The lowest BCUT2D eigenvalue weighted by Gasteiger charge is -2.31. The minimum Gasteiger partial charge on any atom is -0.493 e. The zero-order valence-electron chi connectivity index (χ0n) is 18.8. The van der Waals surface area contributed by atoms with Crippen LogP contribution >= 0.6 is 11.6 Å². The number of halogens is 1. The minimum atomic E-state index is -0.100. The van der Waals surface area contributed by atoms with Crippen LogP contribution in [0.3, 0.4) is 0 Å². The van der Waals surface area contributed by atoms with Crippen molar-refractivity contribution in [1.82, 2.24) is 9.88 Å². The molecule has 3 aromatic rings. The third-order valence-corrected chi connectivity index (χ3v) is 5.96. The molecule has 0 N–H and O–H groups in total. The van der Waals surface area contributed by atoms with E-state index >= 15 is 0 Å². The smallest absolute Gasteiger partial charge is 0.260 e. The molecule has 8 heteroatoms. The number of piperidine rings is 1. The second-order valence-corrected chi connectivity index (χ2v) is 8.36. The van der Waals surface area contributed by atoms with Crippen molar-refractivity contribution in [2.24, 2.45) is 0 Å². The number of para-hydroxylation sites is 1. The van der Waals surface area contributed by atoms with Gasteiger partial charge in [0.2, 0.25) is 5.75 Å². The molecular formula is C25H27ClN2O5. The molecular weight excluding hydrogens is 444 g/mol. The molecule has 1 amide bonds. The van der Waals surface area contributed by atoms with Gasteiger partial charge in [-0.05, 0) is 42.7 Å². The zero-order valence-corrected chi connectivity index (χ0v) is 19.5. The van der Waals surface area contributed by atoms with Crippen LogP contribution in [0.4, 0.5) is 0 Å². The lowest BCUT2D eigenvalue weighted by atomic mass is 9.98. The number of rotatable bonds is 8. The van der Waals surface area contributed by atoms with Crippen molar-refractivity contribution in [2.45, 2.75) is 25.2 Å². The van der Waals surface area contributed by atoms with E-state index < -0.39 is 0 Å². The van der Waals surface area contributed by atoms with Gasteiger partial charge in [-0.15, -0.1) is 0 Å². The Morgan fingerprint density at radius 3 is 2.58 bits per heavy atom. The van der Waals surface area contributed by atoms with Crippen LogP contribution in [-0.4, -0.2) is 49.7 Å². The van der Waals surface area contributed by atoms with Gasteiger partial charge in [-0.3, -0.25) is 4.79 Å². The molecule has 1 aliphatic rings. The van der Waals surface area contributed by atoms with Crippen LogP contribution in [0.1, 0.15) is 36.0 Å². The summed E-state index contributed by atoms with van der Waals surface area (Å²) in [5.41, 5.74) is 1.10. The Morgan fingerprint density at radius 2 is 1.88 bits per heavy atom. The number of carbonyl (C=O) groups is 1. The van der Waals surface area contributed by atoms with Gasteiger partial charge in [-0.1, -0.05) is 29.8 Å². The largest absolute Gasteiger partial charge is 0.493 e. The van der Waals surface area contributed by atoms with Gasteiger partial charge in [0.25, 0.3) is 5.91 Å². The molecule has 2 aromatic carbocycles. The number of ether oxygens (including phenoxy) is 3. The molecule has 1 atom stereocenters. The standard InChI is InChI=1S/C25H27ClN2O5/c1-30-21-6-3-7-22(31-2)24(21)32-16-23(29)28-12-4-5-18(15-28)25-27-14-20(33-25)13-17-8-10-19(26)11-9-17/h3,6-11,14,18H,4-5,12-13,15-16H2,1-2H3/t18-/m0/s1. The zero-order chi connectivity index (χ0) is 23.2. The molecule has 1 fully saturated rings. The summed E-state index contributed by atoms with van der Waals surface area (Å²) in [7, 11) is 3.10. The second-order valence-electron chi connectivity index (χ2n) is 7.93. The number of hydrogen-bond donors (Lipinski definition) is 0. The first kappa shape index (κ1) is 23.0. The number of nitrogens with zero attached hydrogens (tertiary/aromatic N) is 2. The van der Waals surface area contributed by atoms with Gasteiger partial charge < -0.3 is 23.5 Å². The van der Waals surface area contributed by atoms with Gasteiger partial charge in [-0.2, -0.15) is 0 Å². The maximum Gasteiger partial charge on any atom is 0.260 e. The summed E-state index contributed by atoms with van der Waals surface area (Å²) in [5.74, 6) is 2.89. The maximum absolute atomic E-state index is 12.9. The number of likely N-dealkylation sites (tertiary alicyclic amines) is 1. The molecule has 0 aliphatic carbocycles. The van der Waals surface area contributed by atoms with Crippen LogP contribution in [0.15, 0.2) is 53.1 Å². The summed E-state index contributed by atoms with van der Waals surface area (Å²) in [6, 6.07) is 13.0. The summed E-state index contributed by atoms with van der Waals surface area (Å²) < 4.78 is 22.5. The maximum atomic E-state index is 12.9. The molecule has 33 heavy (non-hydrogen) atoms. The molecule has 1 aromatic heterocycles. The molecule has 0 bridgehead atoms. The van der Waals surface area contributed by atoms with E-state index in [2.05, 4.69) is 4.98 Å². The molecule has 0 spiro atoms. The van der Waals surface area contributed by atoms with E-state index in [1.54, 1.807) is 43.5 Å².